The fourth-order valence-corrected chi connectivity index (χ4v) is 1.79. The second-order valence-electron chi connectivity index (χ2n) is 4.84. The van der Waals surface area contributed by atoms with Crippen molar-refractivity contribution in [1.29, 1.82) is 0 Å². The molecule has 7 heteroatoms. The van der Waals surface area contributed by atoms with Crippen molar-refractivity contribution in [2.45, 2.75) is 32.4 Å². The Morgan fingerprint density at radius 1 is 1.50 bits per heavy atom. The monoisotopic (exact) mass is 276 g/mol. The highest BCUT2D eigenvalue weighted by molar-refractivity contribution is 5.92. The van der Waals surface area contributed by atoms with Gasteiger partial charge in [-0.25, -0.2) is 9.48 Å². The second kappa shape index (κ2) is 5.38. The molecule has 0 amide bonds. The number of carboxylic acids is 1. The van der Waals surface area contributed by atoms with Gasteiger partial charge in [-0.3, -0.25) is 4.98 Å². The van der Waals surface area contributed by atoms with Gasteiger partial charge in [0.2, 0.25) is 0 Å². The minimum atomic E-state index is -1.16. The Morgan fingerprint density at radius 3 is 2.80 bits per heavy atom. The smallest absolute Gasteiger partial charge is 0.358 e. The van der Waals surface area contributed by atoms with E-state index in [1.807, 2.05) is 6.92 Å². The van der Waals surface area contributed by atoms with Gasteiger partial charge in [0.15, 0.2) is 5.69 Å². The van der Waals surface area contributed by atoms with Crippen LogP contribution in [0.1, 0.15) is 30.8 Å². The summed E-state index contributed by atoms with van der Waals surface area (Å²) in [5.74, 6) is -1.16. The van der Waals surface area contributed by atoms with Crippen LogP contribution in [-0.4, -0.2) is 41.8 Å². The molecule has 0 bridgehead atoms. The lowest BCUT2D eigenvalue weighted by atomic mass is 10.0. The molecule has 0 spiro atoms. The molecule has 2 aromatic heterocycles. The lowest BCUT2D eigenvalue weighted by Crippen LogP contribution is -2.30. The van der Waals surface area contributed by atoms with Crippen molar-refractivity contribution in [3.8, 4) is 11.3 Å². The lowest BCUT2D eigenvalue weighted by Gasteiger charge is -2.21. The molecule has 0 saturated carbocycles. The van der Waals surface area contributed by atoms with Gasteiger partial charge < -0.3 is 10.2 Å². The van der Waals surface area contributed by atoms with Crippen LogP contribution in [0, 0.1) is 0 Å². The molecule has 0 aliphatic carbocycles. The SMILES string of the molecule is CCC(C)(O)Cn1nnc(C(=O)O)c1-c1cccnc1. The van der Waals surface area contributed by atoms with Gasteiger partial charge in [0.25, 0.3) is 0 Å². The third-order valence-electron chi connectivity index (χ3n) is 3.12. The molecule has 1 atom stereocenters. The maximum atomic E-state index is 11.2. The highest BCUT2D eigenvalue weighted by Crippen LogP contribution is 2.23. The summed E-state index contributed by atoms with van der Waals surface area (Å²) in [6.45, 7) is 3.68. The summed E-state index contributed by atoms with van der Waals surface area (Å²) in [5.41, 5.74) is -0.188. The summed E-state index contributed by atoms with van der Waals surface area (Å²) < 4.78 is 1.41. The Kier molecular flexibility index (Phi) is 3.80. The number of aliphatic hydroxyl groups is 1. The molecule has 0 aliphatic heterocycles. The first kappa shape index (κ1) is 14.1. The van der Waals surface area contributed by atoms with Crippen LogP contribution in [0.4, 0.5) is 0 Å². The molecular formula is C13H16N4O3. The number of aromatic nitrogens is 4. The van der Waals surface area contributed by atoms with Crippen LogP contribution in [0.2, 0.25) is 0 Å². The molecule has 0 fully saturated rings. The van der Waals surface area contributed by atoms with Gasteiger partial charge in [-0.15, -0.1) is 5.10 Å². The second-order valence-corrected chi connectivity index (χ2v) is 4.84. The predicted molar refractivity (Wildman–Crippen MR) is 71.1 cm³/mol. The van der Waals surface area contributed by atoms with E-state index in [-0.39, 0.29) is 12.2 Å². The zero-order valence-corrected chi connectivity index (χ0v) is 11.3. The summed E-state index contributed by atoms with van der Waals surface area (Å²) in [6, 6.07) is 3.44. The number of carbonyl (C=O) groups is 1. The predicted octanol–water partition coefficient (Wildman–Crippen LogP) is 1.20. The van der Waals surface area contributed by atoms with E-state index in [1.165, 1.54) is 4.68 Å². The van der Waals surface area contributed by atoms with Crippen molar-refractivity contribution in [3.05, 3.63) is 30.2 Å². The molecule has 2 heterocycles. The van der Waals surface area contributed by atoms with Crippen LogP contribution in [0.15, 0.2) is 24.5 Å². The van der Waals surface area contributed by atoms with Crippen molar-refractivity contribution >= 4 is 5.97 Å². The van der Waals surface area contributed by atoms with Gasteiger partial charge in [-0.1, -0.05) is 12.1 Å². The van der Waals surface area contributed by atoms with E-state index in [4.69, 9.17) is 0 Å². The van der Waals surface area contributed by atoms with E-state index in [2.05, 4.69) is 15.3 Å². The largest absolute Gasteiger partial charge is 0.476 e. The minimum Gasteiger partial charge on any atom is -0.476 e. The van der Waals surface area contributed by atoms with E-state index in [1.54, 1.807) is 31.5 Å². The third kappa shape index (κ3) is 2.83. The van der Waals surface area contributed by atoms with Gasteiger partial charge in [0.1, 0.15) is 5.69 Å². The zero-order valence-electron chi connectivity index (χ0n) is 11.3. The van der Waals surface area contributed by atoms with Crippen molar-refractivity contribution in [1.82, 2.24) is 20.0 Å². The van der Waals surface area contributed by atoms with Crippen molar-refractivity contribution in [3.63, 3.8) is 0 Å². The average molecular weight is 276 g/mol. The molecule has 0 aliphatic rings. The lowest BCUT2D eigenvalue weighted by molar-refractivity contribution is 0.0344. The summed E-state index contributed by atoms with van der Waals surface area (Å²) in [7, 11) is 0. The van der Waals surface area contributed by atoms with E-state index in [9.17, 15) is 15.0 Å². The van der Waals surface area contributed by atoms with Crippen molar-refractivity contribution in [2.24, 2.45) is 0 Å². The number of rotatable bonds is 5. The molecular weight excluding hydrogens is 260 g/mol. The topological polar surface area (TPSA) is 101 Å². The van der Waals surface area contributed by atoms with Crippen LogP contribution >= 0.6 is 0 Å². The fourth-order valence-electron chi connectivity index (χ4n) is 1.79. The maximum Gasteiger partial charge on any atom is 0.358 e. The Bertz CT molecular complexity index is 607. The summed E-state index contributed by atoms with van der Waals surface area (Å²) in [4.78, 5) is 15.2. The first-order valence-corrected chi connectivity index (χ1v) is 6.24. The molecule has 7 nitrogen and oxygen atoms in total. The molecule has 2 rings (SSSR count). The van der Waals surface area contributed by atoms with Crippen LogP contribution in [0.3, 0.4) is 0 Å². The Hall–Kier alpha value is -2.28. The number of nitrogens with zero attached hydrogens (tertiary/aromatic N) is 4. The van der Waals surface area contributed by atoms with Crippen LogP contribution < -0.4 is 0 Å². The molecule has 2 N–H and O–H groups in total. The molecule has 0 radical (unpaired) electrons. The highest BCUT2D eigenvalue weighted by Gasteiger charge is 2.26. The molecule has 1 unspecified atom stereocenters. The Morgan fingerprint density at radius 2 is 2.25 bits per heavy atom. The third-order valence-corrected chi connectivity index (χ3v) is 3.12. The van der Waals surface area contributed by atoms with Gasteiger partial charge >= 0.3 is 5.97 Å². The van der Waals surface area contributed by atoms with E-state index >= 15 is 0 Å². The van der Waals surface area contributed by atoms with Gasteiger partial charge in [-0.2, -0.15) is 0 Å². The molecule has 0 aromatic carbocycles. The first-order valence-electron chi connectivity index (χ1n) is 6.24. The number of hydrogen-bond donors (Lipinski definition) is 2. The molecule has 20 heavy (non-hydrogen) atoms. The molecule has 2 aromatic rings. The maximum absolute atomic E-state index is 11.2. The Balaban J connectivity index is 2.52. The minimum absolute atomic E-state index is 0.148. The number of aromatic carboxylic acids is 1. The summed E-state index contributed by atoms with van der Waals surface area (Å²) in [6.07, 6.45) is 3.66. The zero-order chi connectivity index (χ0) is 14.8. The van der Waals surface area contributed by atoms with Crippen molar-refractivity contribution in [2.75, 3.05) is 0 Å². The van der Waals surface area contributed by atoms with E-state index in [0.29, 0.717) is 17.7 Å². The van der Waals surface area contributed by atoms with Crippen molar-refractivity contribution < 1.29 is 15.0 Å². The van der Waals surface area contributed by atoms with E-state index in [0.717, 1.165) is 0 Å². The number of carboxylic acid groups (broad SMARTS) is 1. The van der Waals surface area contributed by atoms with E-state index < -0.39 is 11.6 Å². The van der Waals surface area contributed by atoms with Crippen LogP contribution in [0.5, 0.6) is 0 Å². The summed E-state index contributed by atoms with van der Waals surface area (Å²) >= 11 is 0. The molecule has 0 saturated heterocycles. The standard InChI is InChI=1S/C13H16N4O3/c1-3-13(2,20)8-17-11(9-5-4-6-14-7-9)10(12(18)19)15-16-17/h4-7,20H,3,8H2,1-2H3,(H,18,19). The number of hydrogen-bond acceptors (Lipinski definition) is 5. The number of pyridine rings is 1. The van der Waals surface area contributed by atoms with Gasteiger partial charge in [0.05, 0.1) is 12.1 Å². The normalized spacial score (nSPS) is 13.9. The van der Waals surface area contributed by atoms with Crippen LogP contribution in [0.25, 0.3) is 11.3 Å². The molecule has 106 valence electrons. The average Bonchev–Trinajstić information content (AvgIpc) is 2.83. The quantitative estimate of drug-likeness (QED) is 0.851. The van der Waals surface area contributed by atoms with Crippen LogP contribution in [-0.2, 0) is 6.54 Å². The summed E-state index contributed by atoms with van der Waals surface area (Å²) in [5, 5.41) is 26.9. The highest BCUT2D eigenvalue weighted by atomic mass is 16.4. The Labute approximate surface area is 115 Å². The van der Waals surface area contributed by atoms with Gasteiger partial charge in [0, 0.05) is 18.0 Å². The fraction of sp³-hybridized carbons (Fsp3) is 0.385. The van der Waals surface area contributed by atoms with Gasteiger partial charge in [-0.05, 0) is 25.5 Å². The first-order chi connectivity index (χ1) is 9.44.